The van der Waals surface area contributed by atoms with Gasteiger partial charge in [0.2, 0.25) is 0 Å². The van der Waals surface area contributed by atoms with Crippen molar-refractivity contribution in [3.63, 3.8) is 0 Å². The largest absolute Gasteiger partial charge is 0.394 e. The van der Waals surface area contributed by atoms with Gasteiger partial charge < -0.3 is 15.5 Å². The number of aromatic nitrogens is 2. The predicted octanol–water partition coefficient (Wildman–Crippen LogP) is -0.105. The van der Waals surface area contributed by atoms with Crippen LogP contribution in [-0.4, -0.2) is 39.4 Å². The molecule has 0 bridgehead atoms. The average Bonchev–Trinajstić information content (AvgIpc) is 2.16. The Morgan fingerprint density at radius 1 is 1.62 bits per heavy atom. The summed E-state index contributed by atoms with van der Waals surface area (Å²) in [7, 11) is 0. The van der Waals surface area contributed by atoms with Gasteiger partial charge in [-0.3, -0.25) is 0 Å². The number of aliphatic hydroxyl groups excluding tert-OH is 2. The van der Waals surface area contributed by atoms with Crippen molar-refractivity contribution in [3.05, 3.63) is 17.5 Å². The van der Waals surface area contributed by atoms with Crippen molar-refractivity contribution in [2.45, 2.75) is 6.10 Å². The molecule has 1 unspecified atom stereocenters. The number of aliphatic hydroxyl groups is 2. The molecule has 3 N–H and O–H groups in total. The van der Waals surface area contributed by atoms with E-state index >= 15 is 0 Å². The van der Waals surface area contributed by atoms with Crippen molar-refractivity contribution in [1.82, 2.24) is 9.97 Å². The predicted molar refractivity (Wildman–Crippen MR) is 48.6 cm³/mol. The van der Waals surface area contributed by atoms with E-state index in [1.54, 1.807) is 0 Å². The van der Waals surface area contributed by atoms with Crippen LogP contribution >= 0.6 is 11.6 Å². The Hall–Kier alpha value is -0.910. The van der Waals surface area contributed by atoms with E-state index in [0.717, 1.165) is 0 Å². The van der Waals surface area contributed by atoms with E-state index in [1.165, 1.54) is 12.5 Å². The second kappa shape index (κ2) is 4.96. The first-order valence-electron chi connectivity index (χ1n) is 3.72. The molecule has 0 amide bonds. The molecular formula is C7H10ClN3O2. The highest BCUT2D eigenvalue weighted by atomic mass is 35.5. The van der Waals surface area contributed by atoms with Gasteiger partial charge in [-0.15, -0.1) is 0 Å². The van der Waals surface area contributed by atoms with Crippen LogP contribution in [0.1, 0.15) is 0 Å². The summed E-state index contributed by atoms with van der Waals surface area (Å²) in [5, 5.41) is 20.7. The highest BCUT2D eigenvalue weighted by Gasteiger charge is 2.04. The summed E-state index contributed by atoms with van der Waals surface area (Å²) in [6.45, 7) is -0.0943. The number of nitrogens with one attached hydrogen (secondary N) is 1. The summed E-state index contributed by atoms with van der Waals surface area (Å²) in [6.07, 6.45) is 1.98. The van der Waals surface area contributed by atoms with Crippen LogP contribution in [0.5, 0.6) is 0 Å². The quantitative estimate of drug-likeness (QED) is 0.637. The molecule has 0 saturated heterocycles. The normalized spacial score (nSPS) is 12.5. The number of hydrogen-bond donors (Lipinski definition) is 3. The molecular weight excluding hydrogens is 194 g/mol. The van der Waals surface area contributed by atoms with E-state index in [9.17, 15) is 0 Å². The SMILES string of the molecule is OCC(O)CNc1ncncc1Cl. The lowest BCUT2D eigenvalue weighted by molar-refractivity contribution is 0.105. The molecule has 0 saturated carbocycles. The molecule has 72 valence electrons. The van der Waals surface area contributed by atoms with Crippen LogP contribution in [0.3, 0.4) is 0 Å². The maximum atomic E-state index is 9.01. The van der Waals surface area contributed by atoms with E-state index in [4.69, 9.17) is 21.8 Å². The van der Waals surface area contributed by atoms with Crippen LogP contribution in [0.4, 0.5) is 5.82 Å². The third-order valence-corrected chi connectivity index (χ3v) is 1.66. The zero-order chi connectivity index (χ0) is 9.68. The standard InChI is InChI=1S/C7H10ClN3O2/c8-6-2-9-4-11-7(6)10-1-5(13)3-12/h2,4-5,12-13H,1,3H2,(H,9,10,11). The minimum absolute atomic E-state index is 0.202. The number of anilines is 1. The van der Waals surface area contributed by atoms with E-state index in [2.05, 4.69) is 15.3 Å². The topological polar surface area (TPSA) is 78.3 Å². The molecule has 0 aromatic carbocycles. The van der Waals surface area contributed by atoms with Crippen molar-refractivity contribution in [2.24, 2.45) is 0 Å². The highest BCUT2D eigenvalue weighted by molar-refractivity contribution is 6.32. The zero-order valence-electron chi connectivity index (χ0n) is 6.81. The number of rotatable bonds is 4. The molecule has 0 aliphatic heterocycles. The minimum atomic E-state index is -0.814. The first kappa shape index (κ1) is 10.2. The van der Waals surface area contributed by atoms with Crippen LogP contribution in [0.2, 0.25) is 5.02 Å². The summed E-state index contributed by atoms with van der Waals surface area (Å²) in [5.41, 5.74) is 0. The van der Waals surface area contributed by atoms with Gasteiger partial charge in [0.05, 0.1) is 18.9 Å². The Morgan fingerprint density at radius 2 is 2.38 bits per heavy atom. The van der Waals surface area contributed by atoms with Gasteiger partial charge >= 0.3 is 0 Å². The van der Waals surface area contributed by atoms with Gasteiger partial charge in [-0.2, -0.15) is 0 Å². The molecule has 1 aromatic rings. The number of hydrogen-bond acceptors (Lipinski definition) is 5. The van der Waals surface area contributed by atoms with E-state index in [-0.39, 0.29) is 13.2 Å². The molecule has 6 heteroatoms. The Morgan fingerprint density at radius 3 is 3.00 bits per heavy atom. The Balaban J connectivity index is 2.50. The summed E-state index contributed by atoms with van der Waals surface area (Å²) in [5.74, 6) is 0.448. The molecule has 5 nitrogen and oxygen atoms in total. The zero-order valence-corrected chi connectivity index (χ0v) is 7.57. The Labute approximate surface area is 80.4 Å². The highest BCUT2D eigenvalue weighted by Crippen LogP contribution is 2.15. The summed E-state index contributed by atoms with van der Waals surface area (Å²) < 4.78 is 0. The molecule has 1 heterocycles. The maximum absolute atomic E-state index is 9.01. The van der Waals surface area contributed by atoms with Gasteiger partial charge in [-0.05, 0) is 0 Å². The molecule has 0 spiro atoms. The van der Waals surface area contributed by atoms with E-state index in [1.807, 2.05) is 0 Å². The fourth-order valence-electron chi connectivity index (χ4n) is 0.722. The second-order valence-corrected chi connectivity index (χ2v) is 2.84. The smallest absolute Gasteiger partial charge is 0.148 e. The summed E-state index contributed by atoms with van der Waals surface area (Å²) >= 11 is 5.72. The van der Waals surface area contributed by atoms with E-state index < -0.39 is 6.10 Å². The van der Waals surface area contributed by atoms with Crippen LogP contribution in [0.25, 0.3) is 0 Å². The van der Waals surface area contributed by atoms with Crippen molar-refractivity contribution >= 4 is 17.4 Å². The lowest BCUT2D eigenvalue weighted by Crippen LogP contribution is -2.23. The van der Waals surface area contributed by atoms with Crippen LogP contribution < -0.4 is 5.32 Å². The maximum Gasteiger partial charge on any atom is 0.148 e. The molecule has 1 rings (SSSR count). The fourth-order valence-corrected chi connectivity index (χ4v) is 0.894. The molecule has 0 radical (unpaired) electrons. The fraction of sp³-hybridized carbons (Fsp3) is 0.429. The lowest BCUT2D eigenvalue weighted by Gasteiger charge is -2.09. The first-order valence-corrected chi connectivity index (χ1v) is 4.10. The molecule has 1 aromatic heterocycles. The molecule has 1 atom stereocenters. The van der Waals surface area contributed by atoms with Gasteiger partial charge in [0, 0.05) is 6.54 Å². The van der Waals surface area contributed by atoms with Crippen LogP contribution in [0, 0.1) is 0 Å². The monoisotopic (exact) mass is 203 g/mol. The van der Waals surface area contributed by atoms with Gasteiger partial charge in [0.25, 0.3) is 0 Å². The third-order valence-electron chi connectivity index (χ3n) is 1.38. The minimum Gasteiger partial charge on any atom is -0.394 e. The van der Waals surface area contributed by atoms with Gasteiger partial charge in [0.15, 0.2) is 0 Å². The van der Waals surface area contributed by atoms with Crippen LogP contribution in [-0.2, 0) is 0 Å². The second-order valence-electron chi connectivity index (χ2n) is 2.44. The molecule has 13 heavy (non-hydrogen) atoms. The van der Waals surface area contributed by atoms with Gasteiger partial charge in [-0.1, -0.05) is 11.6 Å². The van der Waals surface area contributed by atoms with Crippen molar-refractivity contribution in [2.75, 3.05) is 18.5 Å². The Bertz CT molecular complexity index is 272. The number of halogens is 1. The summed E-state index contributed by atoms with van der Waals surface area (Å²) in [6, 6.07) is 0. The van der Waals surface area contributed by atoms with Crippen molar-refractivity contribution < 1.29 is 10.2 Å². The molecule has 0 fully saturated rings. The number of nitrogens with zero attached hydrogens (tertiary/aromatic N) is 2. The van der Waals surface area contributed by atoms with Crippen molar-refractivity contribution in [3.8, 4) is 0 Å². The van der Waals surface area contributed by atoms with E-state index in [0.29, 0.717) is 10.8 Å². The van der Waals surface area contributed by atoms with Crippen molar-refractivity contribution in [1.29, 1.82) is 0 Å². The van der Waals surface area contributed by atoms with Crippen LogP contribution in [0.15, 0.2) is 12.5 Å². The summed E-state index contributed by atoms with van der Waals surface area (Å²) in [4.78, 5) is 7.53. The van der Waals surface area contributed by atoms with Gasteiger partial charge in [0.1, 0.15) is 17.2 Å². The lowest BCUT2D eigenvalue weighted by atomic mass is 10.4. The molecule has 0 aliphatic rings. The average molecular weight is 204 g/mol. The Kier molecular flexibility index (Phi) is 3.88. The van der Waals surface area contributed by atoms with Gasteiger partial charge in [-0.25, -0.2) is 9.97 Å². The third kappa shape index (κ3) is 3.14. The first-order chi connectivity index (χ1) is 6.24. The molecule has 0 aliphatic carbocycles.